The van der Waals surface area contributed by atoms with Gasteiger partial charge in [-0.15, -0.1) is 0 Å². The van der Waals surface area contributed by atoms with Crippen LogP contribution in [0.25, 0.3) is 0 Å². The highest BCUT2D eigenvalue weighted by Crippen LogP contribution is 2.66. The summed E-state index contributed by atoms with van der Waals surface area (Å²) in [5.41, 5.74) is 0.270. The van der Waals surface area contributed by atoms with Crippen LogP contribution in [0.15, 0.2) is 22.8 Å². The van der Waals surface area contributed by atoms with Gasteiger partial charge in [-0.1, -0.05) is 21.9 Å². The van der Waals surface area contributed by atoms with E-state index in [4.69, 9.17) is 4.74 Å². The van der Waals surface area contributed by atoms with Gasteiger partial charge in [-0.25, -0.2) is 9.78 Å². The second-order valence-corrected chi connectivity index (χ2v) is 8.24. The number of hydrogen-bond donors (Lipinski definition) is 1. The Labute approximate surface area is 139 Å². The molecular formula is C17H19BrN2O2. The Kier molecular flexibility index (Phi) is 3.48. The summed E-state index contributed by atoms with van der Waals surface area (Å²) in [6.07, 6.45) is 4.12. The van der Waals surface area contributed by atoms with Gasteiger partial charge in [-0.3, -0.25) is 0 Å². The predicted molar refractivity (Wildman–Crippen MR) is 87.2 cm³/mol. The van der Waals surface area contributed by atoms with Crippen molar-refractivity contribution in [3.8, 4) is 11.8 Å². The third-order valence-corrected chi connectivity index (χ3v) is 4.47. The molecule has 0 saturated heterocycles. The first-order chi connectivity index (χ1) is 10.2. The van der Waals surface area contributed by atoms with Crippen LogP contribution in [0.4, 0.5) is 4.79 Å². The van der Waals surface area contributed by atoms with E-state index in [0.717, 1.165) is 29.4 Å². The zero-order chi connectivity index (χ0) is 16.0. The van der Waals surface area contributed by atoms with Crippen LogP contribution >= 0.6 is 15.9 Å². The second kappa shape index (κ2) is 4.99. The van der Waals surface area contributed by atoms with E-state index in [9.17, 15) is 4.79 Å². The van der Waals surface area contributed by atoms with Crippen LogP contribution in [0.1, 0.15) is 45.7 Å². The zero-order valence-electron chi connectivity index (χ0n) is 13.0. The fourth-order valence-electron chi connectivity index (χ4n) is 3.24. The Hall–Kier alpha value is -1.54. The topological polar surface area (TPSA) is 51.2 Å². The summed E-state index contributed by atoms with van der Waals surface area (Å²) in [4.78, 5) is 16.1. The summed E-state index contributed by atoms with van der Waals surface area (Å²) in [7, 11) is 0. The molecule has 1 aromatic heterocycles. The number of nitrogens with zero attached hydrogens (tertiary/aromatic N) is 1. The van der Waals surface area contributed by atoms with Gasteiger partial charge in [0.05, 0.1) is 0 Å². The Morgan fingerprint density at radius 2 is 2.09 bits per heavy atom. The molecule has 0 aliphatic heterocycles. The smallest absolute Gasteiger partial charge is 0.408 e. The van der Waals surface area contributed by atoms with E-state index in [1.807, 2.05) is 32.9 Å². The molecule has 116 valence electrons. The van der Waals surface area contributed by atoms with Gasteiger partial charge in [-0.05, 0) is 58.1 Å². The van der Waals surface area contributed by atoms with Crippen molar-refractivity contribution in [2.75, 3.05) is 0 Å². The lowest BCUT2D eigenvalue weighted by Gasteiger charge is -2.67. The van der Waals surface area contributed by atoms with Crippen LogP contribution in [0, 0.1) is 17.3 Å². The molecule has 2 bridgehead atoms. The number of amides is 1. The summed E-state index contributed by atoms with van der Waals surface area (Å²) in [6.45, 7) is 5.60. The fourth-order valence-corrected chi connectivity index (χ4v) is 3.58. The number of alkyl carbamates (subject to hydrolysis) is 1. The number of carbonyl (C=O) groups excluding carboxylic acids is 1. The van der Waals surface area contributed by atoms with E-state index in [-0.39, 0.29) is 17.0 Å². The van der Waals surface area contributed by atoms with Crippen molar-refractivity contribution in [2.24, 2.45) is 5.41 Å². The minimum atomic E-state index is -0.461. The maximum Gasteiger partial charge on any atom is 0.408 e. The van der Waals surface area contributed by atoms with E-state index in [2.05, 4.69) is 38.1 Å². The average Bonchev–Trinajstić information content (AvgIpc) is 2.28. The summed E-state index contributed by atoms with van der Waals surface area (Å²) >= 11 is 3.41. The molecule has 4 rings (SSSR count). The van der Waals surface area contributed by atoms with Crippen molar-refractivity contribution in [1.29, 1.82) is 0 Å². The molecule has 0 unspecified atom stereocenters. The van der Waals surface area contributed by atoms with Crippen molar-refractivity contribution in [3.05, 3.63) is 28.5 Å². The third-order valence-electron chi connectivity index (χ3n) is 3.97. The maximum absolute atomic E-state index is 11.8. The van der Waals surface area contributed by atoms with Crippen LogP contribution in [-0.2, 0) is 4.74 Å². The first-order valence-corrected chi connectivity index (χ1v) is 8.15. The number of carbonyl (C=O) groups is 1. The Morgan fingerprint density at radius 1 is 1.41 bits per heavy atom. The number of pyridine rings is 1. The van der Waals surface area contributed by atoms with Gasteiger partial charge in [0.1, 0.15) is 11.3 Å². The molecule has 5 heteroatoms. The molecule has 3 fully saturated rings. The van der Waals surface area contributed by atoms with Crippen LogP contribution in [0.2, 0.25) is 0 Å². The molecule has 1 amide bonds. The molecule has 1 N–H and O–H groups in total. The minimum absolute atomic E-state index is 0.0546. The van der Waals surface area contributed by atoms with Crippen molar-refractivity contribution in [3.63, 3.8) is 0 Å². The number of aromatic nitrogens is 1. The van der Waals surface area contributed by atoms with E-state index in [1.165, 1.54) is 0 Å². The molecule has 0 aromatic carbocycles. The lowest BCUT2D eigenvalue weighted by molar-refractivity contribution is -0.107. The van der Waals surface area contributed by atoms with Crippen molar-refractivity contribution in [2.45, 2.75) is 51.2 Å². The summed E-state index contributed by atoms with van der Waals surface area (Å²) in [6, 6.07) is 3.79. The number of ether oxygens (including phenoxy) is 1. The Balaban J connectivity index is 1.55. The quantitative estimate of drug-likeness (QED) is 0.775. The first kappa shape index (κ1) is 15.4. The number of rotatable bonds is 1. The van der Waals surface area contributed by atoms with Gasteiger partial charge in [0.2, 0.25) is 0 Å². The van der Waals surface area contributed by atoms with Crippen molar-refractivity contribution in [1.82, 2.24) is 10.3 Å². The highest BCUT2D eigenvalue weighted by Gasteiger charge is 2.68. The highest BCUT2D eigenvalue weighted by molar-refractivity contribution is 9.10. The molecule has 0 radical (unpaired) electrons. The summed E-state index contributed by atoms with van der Waals surface area (Å²) in [5.74, 6) is 6.47. The van der Waals surface area contributed by atoms with Crippen molar-refractivity contribution >= 4 is 22.0 Å². The molecule has 4 nitrogen and oxygen atoms in total. The molecule has 22 heavy (non-hydrogen) atoms. The molecule has 0 atom stereocenters. The lowest BCUT2D eigenvalue weighted by Crippen LogP contribution is -2.74. The van der Waals surface area contributed by atoms with Crippen LogP contribution in [0.5, 0.6) is 0 Å². The number of halogens is 1. The summed E-state index contributed by atoms with van der Waals surface area (Å²) < 4.78 is 6.29. The van der Waals surface area contributed by atoms with E-state index in [0.29, 0.717) is 0 Å². The molecular weight excluding hydrogens is 344 g/mol. The van der Waals surface area contributed by atoms with Gasteiger partial charge in [0, 0.05) is 21.6 Å². The first-order valence-electron chi connectivity index (χ1n) is 7.35. The molecule has 3 aliphatic rings. The monoisotopic (exact) mass is 362 g/mol. The van der Waals surface area contributed by atoms with Gasteiger partial charge in [0.15, 0.2) is 0 Å². The van der Waals surface area contributed by atoms with Crippen molar-refractivity contribution < 1.29 is 9.53 Å². The second-order valence-electron chi connectivity index (χ2n) is 7.33. The Bertz CT molecular complexity index is 662. The summed E-state index contributed by atoms with van der Waals surface area (Å²) in [5, 5.41) is 3.00. The lowest BCUT2D eigenvalue weighted by atomic mass is 9.40. The fraction of sp³-hybridized carbons (Fsp3) is 0.529. The van der Waals surface area contributed by atoms with Gasteiger partial charge in [0.25, 0.3) is 0 Å². The molecule has 0 spiro atoms. The average molecular weight is 363 g/mol. The van der Waals surface area contributed by atoms with E-state index < -0.39 is 5.60 Å². The van der Waals surface area contributed by atoms with E-state index in [1.54, 1.807) is 6.20 Å². The van der Waals surface area contributed by atoms with Crippen LogP contribution in [-0.4, -0.2) is 22.2 Å². The SMILES string of the molecule is CC(C)(C)OC(=O)NC12CC(C#Cc3cc(Br)ccn3)(C1)C2. The molecule has 3 saturated carbocycles. The molecule has 1 heterocycles. The Morgan fingerprint density at radius 3 is 2.68 bits per heavy atom. The largest absolute Gasteiger partial charge is 0.444 e. The molecule has 1 aromatic rings. The van der Waals surface area contributed by atoms with E-state index >= 15 is 0 Å². The third kappa shape index (κ3) is 3.12. The number of nitrogens with one attached hydrogen (secondary N) is 1. The highest BCUT2D eigenvalue weighted by atomic mass is 79.9. The standard InChI is InChI=1S/C17H19BrN2O2/c1-15(2,3)22-14(21)20-17-9-16(10-17,11-17)6-4-13-8-12(18)5-7-19-13/h5,7-8H,9-11H2,1-3H3,(H,20,21). The van der Waals surface area contributed by atoms with Gasteiger partial charge >= 0.3 is 6.09 Å². The zero-order valence-corrected chi connectivity index (χ0v) is 14.6. The maximum atomic E-state index is 11.8. The molecule has 3 aliphatic carbocycles. The number of hydrogen-bond acceptors (Lipinski definition) is 3. The van der Waals surface area contributed by atoms with Crippen LogP contribution < -0.4 is 5.32 Å². The van der Waals surface area contributed by atoms with Gasteiger partial charge < -0.3 is 10.1 Å². The normalized spacial score (nSPS) is 28.5. The minimum Gasteiger partial charge on any atom is -0.444 e. The van der Waals surface area contributed by atoms with Crippen LogP contribution in [0.3, 0.4) is 0 Å². The predicted octanol–water partition coefficient (Wildman–Crippen LogP) is 3.64. The van der Waals surface area contributed by atoms with Gasteiger partial charge in [-0.2, -0.15) is 0 Å².